The quantitative estimate of drug-likeness (QED) is 0.550. The largest absolute Gasteiger partial charge is 0.445 e. The second-order valence-electron chi connectivity index (χ2n) is 7.71. The Morgan fingerprint density at radius 3 is 2.53 bits per heavy atom. The highest BCUT2D eigenvalue weighted by Gasteiger charge is 2.45. The number of ketones is 2. The Balaban J connectivity index is 1.83. The van der Waals surface area contributed by atoms with Gasteiger partial charge in [0.15, 0.2) is 0 Å². The smallest absolute Gasteiger partial charge is 0.404 e. The van der Waals surface area contributed by atoms with Crippen molar-refractivity contribution in [3.05, 3.63) is 64.1 Å². The maximum atomic E-state index is 13.5. The molecule has 2 atom stereocenters. The number of carbonyl (C=O) groups excluding carboxylic acids is 4. The van der Waals surface area contributed by atoms with Gasteiger partial charge >= 0.3 is 6.09 Å². The number of anilines is 1. The van der Waals surface area contributed by atoms with Gasteiger partial charge in [-0.2, -0.15) is 0 Å². The van der Waals surface area contributed by atoms with Gasteiger partial charge in [0.25, 0.3) is 0 Å². The number of aromatic nitrogens is 1. The number of para-hydroxylation sites is 1. The van der Waals surface area contributed by atoms with E-state index in [2.05, 4.69) is 10.6 Å². The lowest BCUT2D eigenvalue weighted by molar-refractivity contribution is -0.120. The number of nitrogens with two attached hydrogens (primary N) is 1. The van der Waals surface area contributed by atoms with Crippen LogP contribution in [0.4, 0.5) is 10.5 Å². The number of fused-ring (bicyclic) bond motifs is 3. The van der Waals surface area contributed by atoms with Crippen molar-refractivity contribution in [1.82, 2.24) is 9.88 Å². The van der Waals surface area contributed by atoms with Crippen LogP contribution >= 0.6 is 0 Å². The second kappa shape index (κ2) is 7.97. The molecule has 166 valence electrons. The van der Waals surface area contributed by atoms with E-state index >= 15 is 0 Å². The van der Waals surface area contributed by atoms with Crippen LogP contribution in [0.3, 0.4) is 0 Å². The second-order valence-corrected chi connectivity index (χ2v) is 7.71. The molecule has 0 bridgehead atoms. The normalized spacial score (nSPS) is 19.5. The molecule has 1 aliphatic carbocycles. The van der Waals surface area contributed by atoms with Crippen LogP contribution in [0.1, 0.15) is 52.1 Å². The summed E-state index contributed by atoms with van der Waals surface area (Å²) in [5.74, 6) is -1.22. The lowest BCUT2D eigenvalue weighted by Gasteiger charge is -2.22. The van der Waals surface area contributed by atoms with Crippen LogP contribution < -0.4 is 16.4 Å². The molecule has 2 aliphatic rings. The van der Waals surface area contributed by atoms with Crippen LogP contribution in [-0.4, -0.2) is 39.3 Å². The van der Waals surface area contributed by atoms with E-state index in [1.54, 1.807) is 31.2 Å². The Kier molecular flexibility index (Phi) is 5.31. The molecule has 0 fully saturated rings. The summed E-state index contributed by atoms with van der Waals surface area (Å²) in [6.07, 6.45) is -2.27. The summed E-state index contributed by atoms with van der Waals surface area (Å²) in [6.45, 7) is 2.55. The summed E-state index contributed by atoms with van der Waals surface area (Å²) in [4.78, 5) is 49.6. The summed E-state index contributed by atoms with van der Waals surface area (Å²) in [6, 6.07) is 8.21. The zero-order valence-electron chi connectivity index (χ0n) is 17.5. The average Bonchev–Trinajstić information content (AvgIpc) is 3.22. The standard InChI is InChI=1S/C22H22N4O6/c1-10-16(25-12-6-4-3-5-7-12)21(30)15-13(9-32-22(23)31)17-20(29)14(24-11(2)27)8-26(17)18(15)19(10)28/h3-7,14,20,25,29H,8-9H2,1-2H3,(H2,23,31)(H,24,27). The van der Waals surface area contributed by atoms with Crippen molar-refractivity contribution in [3.63, 3.8) is 0 Å². The van der Waals surface area contributed by atoms with Gasteiger partial charge < -0.3 is 30.8 Å². The molecule has 1 aliphatic heterocycles. The minimum absolute atomic E-state index is 0.0515. The van der Waals surface area contributed by atoms with Crippen LogP contribution in [-0.2, 0) is 22.7 Å². The molecule has 0 saturated heterocycles. The van der Waals surface area contributed by atoms with Crippen LogP contribution in [0.15, 0.2) is 41.6 Å². The Hall–Kier alpha value is -3.92. The van der Waals surface area contributed by atoms with E-state index in [0.717, 1.165) is 0 Å². The number of amides is 2. The van der Waals surface area contributed by atoms with E-state index < -0.39 is 36.4 Å². The van der Waals surface area contributed by atoms with E-state index in [4.69, 9.17) is 10.5 Å². The van der Waals surface area contributed by atoms with Crippen molar-refractivity contribution in [2.24, 2.45) is 5.73 Å². The maximum Gasteiger partial charge on any atom is 0.404 e. The Morgan fingerprint density at radius 1 is 1.22 bits per heavy atom. The molecular weight excluding hydrogens is 416 g/mol. The number of aliphatic hydroxyl groups excluding tert-OH is 1. The van der Waals surface area contributed by atoms with Gasteiger partial charge in [-0.15, -0.1) is 0 Å². The number of rotatable bonds is 5. The number of nitrogens with zero attached hydrogens (tertiary/aromatic N) is 1. The van der Waals surface area contributed by atoms with Gasteiger partial charge in [0.2, 0.25) is 17.5 Å². The van der Waals surface area contributed by atoms with E-state index in [0.29, 0.717) is 5.69 Å². The van der Waals surface area contributed by atoms with Crippen LogP contribution in [0.2, 0.25) is 0 Å². The highest BCUT2D eigenvalue weighted by Crippen LogP contribution is 2.40. The van der Waals surface area contributed by atoms with Crippen molar-refractivity contribution in [2.45, 2.75) is 39.1 Å². The Bertz CT molecular complexity index is 1180. The summed E-state index contributed by atoms with van der Waals surface area (Å²) < 4.78 is 6.45. The molecule has 0 saturated carbocycles. The van der Waals surface area contributed by atoms with Gasteiger partial charge in [0, 0.05) is 30.3 Å². The average molecular weight is 438 g/mol. The van der Waals surface area contributed by atoms with Gasteiger partial charge in [-0.1, -0.05) is 18.2 Å². The number of primary amides is 1. The topological polar surface area (TPSA) is 153 Å². The fourth-order valence-corrected chi connectivity index (χ4v) is 4.26. The number of carbonyl (C=O) groups is 4. The first-order chi connectivity index (χ1) is 15.2. The van der Waals surface area contributed by atoms with Crippen LogP contribution in [0.5, 0.6) is 0 Å². The first-order valence-electron chi connectivity index (χ1n) is 9.95. The molecule has 0 spiro atoms. The number of allylic oxidation sites excluding steroid dienone is 2. The van der Waals surface area contributed by atoms with Crippen molar-refractivity contribution < 1.29 is 29.0 Å². The zero-order chi connectivity index (χ0) is 23.2. The fraction of sp³-hybridized carbons (Fsp3) is 0.273. The van der Waals surface area contributed by atoms with Crippen molar-refractivity contribution in [2.75, 3.05) is 5.32 Å². The number of nitrogens with one attached hydrogen (secondary N) is 2. The molecule has 32 heavy (non-hydrogen) atoms. The summed E-state index contributed by atoms with van der Waals surface area (Å²) in [5.41, 5.74) is 6.63. The minimum atomic E-state index is -1.21. The number of aliphatic hydroxyl groups is 1. The van der Waals surface area contributed by atoms with E-state index in [1.807, 2.05) is 6.07 Å². The summed E-state index contributed by atoms with van der Waals surface area (Å²) >= 11 is 0. The highest BCUT2D eigenvalue weighted by molar-refractivity contribution is 6.28. The first-order valence-corrected chi connectivity index (χ1v) is 9.95. The molecule has 10 heteroatoms. The SMILES string of the molecule is CC(=O)NC1Cn2c3c(c(COC(N)=O)c2C1O)C(=O)C(Nc1ccccc1)=C(C)C3=O. The van der Waals surface area contributed by atoms with Gasteiger partial charge in [-0.25, -0.2) is 4.79 Å². The third-order valence-electron chi connectivity index (χ3n) is 5.62. The fourth-order valence-electron chi connectivity index (χ4n) is 4.26. The molecule has 4 rings (SSSR count). The zero-order valence-corrected chi connectivity index (χ0v) is 17.5. The molecular formula is C22H22N4O6. The van der Waals surface area contributed by atoms with Crippen LogP contribution in [0.25, 0.3) is 0 Å². The number of hydrogen-bond donors (Lipinski definition) is 4. The predicted molar refractivity (Wildman–Crippen MR) is 113 cm³/mol. The molecule has 2 amide bonds. The maximum absolute atomic E-state index is 13.5. The van der Waals surface area contributed by atoms with Crippen molar-refractivity contribution >= 4 is 29.3 Å². The number of benzene rings is 1. The number of hydrogen-bond acceptors (Lipinski definition) is 7. The van der Waals surface area contributed by atoms with E-state index in [9.17, 15) is 24.3 Å². The summed E-state index contributed by atoms with van der Waals surface area (Å²) in [5, 5.41) is 16.5. The van der Waals surface area contributed by atoms with Gasteiger partial charge in [0.05, 0.1) is 23.0 Å². The monoisotopic (exact) mass is 438 g/mol. The van der Waals surface area contributed by atoms with E-state index in [-0.39, 0.29) is 46.2 Å². The van der Waals surface area contributed by atoms with Gasteiger partial charge in [-0.05, 0) is 19.1 Å². The molecule has 1 aromatic carbocycles. The molecule has 2 aromatic rings. The molecule has 2 unspecified atom stereocenters. The molecule has 2 heterocycles. The van der Waals surface area contributed by atoms with Crippen LogP contribution in [0, 0.1) is 0 Å². The third kappa shape index (κ3) is 3.44. The summed E-state index contributed by atoms with van der Waals surface area (Å²) in [7, 11) is 0. The van der Waals surface area contributed by atoms with Gasteiger partial charge in [-0.3, -0.25) is 14.4 Å². The lowest BCUT2D eigenvalue weighted by atomic mass is 9.89. The third-order valence-corrected chi connectivity index (χ3v) is 5.62. The highest BCUT2D eigenvalue weighted by atomic mass is 16.5. The molecule has 10 nitrogen and oxygen atoms in total. The molecule has 5 N–H and O–H groups in total. The van der Waals surface area contributed by atoms with E-state index in [1.165, 1.54) is 11.5 Å². The lowest BCUT2D eigenvalue weighted by Crippen LogP contribution is -2.37. The van der Waals surface area contributed by atoms with Gasteiger partial charge in [0.1, 0.15) is 18.4 Å². The Morgan fingerprint density at radius 2 is 1.91 bits per heavy atom. The molecule has 1 aromatic heterocycles. The number of ether oxygens (including phenoxy) is 1. The Labute approximate surface area is 183 Å². The number of Topliss-reactive ketones (excluding diaryl/α,β-unsaturated/α-hetero) is 2. The predicted octanol–water partition coefficient (Wildman–Crippen LogP) is 1.40. The molecule has 0 radical (unpaired) electrons. The van der Waals surface area contributed by atoms with Crippen molar-refractivity contribution in [3.8, 4) is 0 Å². The minimum Gasteiger partial charge on any atom is -0.445 e. The first kappa shape index (κ1) is 21.3. The van der Waals surface area contributed by atoms with Crippen molar-refractivity contribution in [1.29, 1.82) is 0 Å².